The molecule has 3 nitrogen and oxygen atoms in total. The first-order valence-corrected chi connectivity index (χ1v) is 5.04. The zero-order valence-electron chi connectivity index (χ0n) is 9.14. The number of nitrogens with zero attached hydrogens (tertiary/aromatic N) is 1. The highest BCUT2D eigenvalue weighted by molar-refractivity contribution is 5.94. The first-order chi connectivity index (χ1) is 8.08. The van der Waals surface area contributed by atoms with Crippen LogP contribution in [-0.4, -0.2) is 16.1 Å². The Bertz CT molecular complexity index is 581. The molecule has 1 N–H and O–H groups in total. The van der Waals surface area contributed by atoms with E-state index in [0.717, 1.165) is 5.56 Å². The van der Waals surface area contributed by atoms with Gasteiger partial charge in [-0.25, -0.2) is 9.18 Å². The van der Waals surface area contributed by atoms with Crippen molar-refractivity contribution in [3.05, 3.63) is 53.5 Å². The number of halogens is 1. The Morgan fingerprint density at radius 1 is 1.35 bits per heavy atom. The highest BCUT2D eigenvalue weighted by atomic mass is 19.1. The summed E-state index contributed by atoms with van der Waals surface area (Å²) in [5, 5.41) is 9.09. The van der Waals surface area contributed by atoms with Crippen molar-refractivity contribution in [2.45, 2.75) is 6.92 Å². The van der Waals surface area contributed by atoms with E-state index in [-0.39, 0.29) is 11.3 Å². The number of aromatic carboxylic acids is 1. The third-order valence-electron chi connectivity index (χ3n) is 2.35. The number of hydrogen-bond donors (Lipinski definition) is 1. The van der Waals surface area contributed by atoms with Gasteiger partial charge in [0.2, 0.25) is 0 Å². The molecule has 86 valence electrons. The Labute approximate surface area is 97.6 Å². The van der Waals surface area contributed by atoms with Crippen LogP contribution in [0.1, 0.15) is 15.9 Å². The zero-order valence-corrected chi connectivity index (χ0v) is 9.14. The van der Waals surface area contributed by atoms with Gasteiger partial charge < -0.3 is 5.11 Å². The first-order valence-electron chi connectivity index (χ1n) is 5.04. The molecule has 0 amide bonds. The van der Waals surface area contributed by atoms with Gasteiger partial charge in [-0.3, -0.25) is 4.98 Å². The lowest BCUT2D eigenvalue weighted by atomic mass is 10.0. The van der Waals surface area contributed by atoms with E-state index in [1.807, 2.05) is 0 Å². The zero-order chi connectivity index (χ0) is 12.4. The van der Waals surface area contributed by atoms with Crippen molar-refractivity contribution in [1.82, 2.24) is 4.98 Å². The van der Waals surface area contributed by atoms with Gasteiger partial charge >= 0.3 is 5.97 Å². The van der Waals surface area contributed by atoms with E-state index in [1.165, 1.54) is 24.3 Å². The SMILES string of the molecule is Cc1cnc(-c2cccc(F)c2)c(C(=O)O)c1. The maximum Gasteiger partial charge on any atom is 0.337 e. The van der Waals surface area contributed by atoms with Crippen LogP contribution in [0.4, 0.5) is 4.39 Å². The minimum Gasteiger partial charge on any atom is -0.478 e. The molecule has 17 heavy (non-hydrogen) atoms. The molecule has 0 unspecified atom stereocenters. The molecular weight excluding hydrogens is 221 g/mol. The van der Waals surface area contributed by atoms with Crippen LogP contribution in [-0.2, 0) is 0 Å². The minimum atomic E-state index is -1.07. The summed E-state index contributed by atoms with van der Waals surface area (Å²) in [6, 6.07) is 7.25. The molecule has 4 heteroatoms. The van der Waals surface area contributed by atoms with Gasteiger partial charge in [-0.2, -0.15) is 0 Å². The predicted octanol–water partition coefficient (Wildman–Crippen LogP) is 2.89. The summed E-state index contributed by atoms with van der Waals surface area (Å²) in [4.78, 5) is 15.2. The maximum atomic E-state index is 13.1. The summed E-state index contributed by atoms with van der Waals surface area (Å²) in [7, 11) is 0. The average Bonchev–Trinajstić information content (AvgIpc) is 2.28. The first kappa shape index (κ1) is 11.3. The molecule has 0 spiro atoms. The Hall–Kier alpha value is -2.23. The van der Waals surface area contributed by atoms with Crippen LogP contribution >= 0.6 is 0 Å². The molecule has 0 fully saturated rings. The molecule has 0 aliphatic heterocycles. The summed E-state index contributed by atoms with van der Waals surface area (Å²) < 4.78 is 13.1. The number of benzene rings is 1. The third kappa shape index (κ3) is 2.30. The predicted molar refractivity (Wildman–Crippen MR) is 61.3 cm³/mol. The molecule has 1 aromatic heterocycles. The number of aryl methyl sites for hydroxylation is 1. The number of carboxylic acid groups (broad SMARTS) is 1. The van der Waals surface area contributed by atoms with E-state index in [1.54, 1.807) is 19.2 Å². The Morgan fingerprint density at radius 3 is 2.76 bits per heavy atom. The molecule has 1 aromatic carbocycles. The number of carbonyl (C=O) groups is 1. The lowest BCUT2D eigenvalue weighted by Gasteiger charge is -2.06. The second kappa shape index (κ2) is 4.33. The van der Waals surface area contributed by atoms with Gasteiger partial charge in [0.15, 0.2) is 0 Å². The second-order valence-electron chi connectivity index (χ2n) is 3.72. The van der Waals surface area contributed by atoms with Gasteiger partial charge in [0.25, 0.3) is 0 Å². The Morgan fingerprint density at radius 2 is 2.12 bits per heavy atom. The fourth-order valence-corrected chi connectivity index (χ4v) is 1.60. The van der Waals surface area contributed by atoms with E-state index in [2.05, 4.69) is 4.98 Å². The quantitative estimate of drug-likeness (QED) is 0.864. The van der Waals surface area contributed by atoms with E-state index in [9.17, 15) is 9.18 Å². The van der Waals surface area contributed by atoms with Crippen molar-refractivity contribution in [3.63, 3.8) is 0 Å². The molecule has 0 radical (unpaired) electrons. The van der Waals surface area contributed by atoms with Crippen LogP contribution in [0, 0.1) is 12.7 Å². The average molecular weight is 231 g/mol. The number of carboxylic acids is 1. The number of pyridine rings is 1. The summed E-state index contributed by atoms with van der Waals surface area (Å²) in [6.07, 6.45) is 1.56. The number of rotatable bonds is 2. The van der Waals surface area contributed by atoms with Crippen LogP contribution < -0.4 is 0 Å². The third-order valence-corrected chi connectivity index (χ3v) is 2.35. The topological polar surface area (TPSA) is 50.2 Å². The fraction of sp³-hybridized carbons (Fsp3) is 0.0769. The smallest absolute Gasteiger partial charge is 0.337 e. The van der Waals surface area contributed by atoms with Gasteiger partial charge in [0.1, 0.15) is 5.82 Å². The molecule has 0 bridgehead atoms. The van der Waals surface area contributed by atoms with E-state index in [4.69, 9.17) is 5.11 Å². The second-order valence-corrected chi connectivity index (χ2v) is 3.72. The van der Waals surface area contributed by atoms with E-state index in [0.29, 0.717) is 5.56 Å². The maximum absolute atomic E-state index is 13.1. The van der Waals surface area contributed by atoms with Gasteiger partial charge in [0, 0.05) is 11.8 Å². The lowest BCUT2D eigenvalue weighted by Crippen LogP contribution is -2.02. The van der Waals surface area contributed by atoms with Crippen molar-refractivity contribution < 1.29 is 14.3 Å². The molecule has 2 aromatic rings. The molecule has 1 heterocycles. The van der Waals surface area contributed by atoms with Gasteiger partial charge in [-0.15, -0.1) is 0 Å². The highest BCUT2D eigenvalue weighted by Crippen LogP contribution is 2.22. The summed E-state index contributed by atoms with van der Waals surface area (Å²) in [5.41, 5.74) is 1.57. The molecule has 0 aliphatic carbocycles. The normalized spacial score (nSPS) is 10.2. The molecule has 0 aliphatic rings. The summed E-state index contributed by atoms with van der Waals surface area (Å²) in [6.45, 7) is 1.76. The Balaban J connectivity index is 2.63. The van der Waals surface area contributed by atoms with Crippen molar-refractivity contribution in [2.24, 2.45) is 0 Å². The molecule has 0 saturated heterocycles. The van der Waals surface area contributed by atoms with Crippen LogP contribution in [0.25, 0.3) is 11.3 Å². The van der Waals surface area contributed by atoms with Gasteiger partial charge in [-0.05, 0) is 30.7 Å². The van der Waals surface area contributed by atoms with Gasteiger partial charge in [0.05, 0.1) is 11.3 Å². The molecule has 0 saturated carbocycles. The standard InChI is InChI=1S/C13H10FNO2/c1-8-5-11(13(16)17)12(15-7-8)9-3-2-4-10(14)6-9/h2-7H,1H3,(H,16,17). The van der Waals surface area contributed by atoms with Crippen LogP contribution in [0.5, 0.6) is 0 Å². The lowest BCUT2D eigenvalue weighted by molar-refractivity contribution is 0.0697. The Kier molecular flexibility index (Phi) is 2.87. The van der Waals surface area contributed by atoms with Crippen molar-refractivity contribution in [3.8, 4) is 11.3 Å². The van der Waals surface area contributed by atoms with Crippen molar-refractivity contribution in [1.29, 1.82) is 0 Å². The molecule has 2 rings (SSSR count). The minimum absolute atomic E-state index is 0.0793. The van der Waals surface area contributed by atoms with E-state index < -0.39 is 11.8 Å². The van der Waals surface area contributed by atoms with Crippen molar-refractivity contribution in [2.75, 3.05) is 0 Å². The molecular formula is C13H10FNO2. The number of aromatic nitrogens is 1. The fourth-order valence-electron chi connectivity index (χ4n) is 1.60. The van der Waals surface area contributed by atoms with Crippen LogP contribution in [0.15, 0.2) is 36.5 Å². The van der Waals surface area contributed by atoms with Crippen molar-refractivity contribution >= 4 is 5.97 Å². The van der Waals surface area contributed by atoms with Crippen LogP contribution in [0.2, 0.25) is 0 Å². The van der Waals surface area contributed by atoms with Gasteiger partial charge in [-0.1, -0.05) is 12.1 Å². The molecule has 0 atom stereocenters. The van der Waals surface area contributed by atoms with Crippen LogP contribution in [0.3, 0.4) is 0 Å². The van der Waals surface area contributed by atoms with E-state index >= 15 is 0 Å². The highest BCUT2D eigenvalue weighted by Gasteiger charge is 2.13. The summed E-state index contributed by atoms with van der Waals surface area (Å²) >= 11 is 0. The monoisotopic (exact) mass is 231 g/mol. The largest absolute Gasteiger partial charge is 0.478 e. The number of hydrogen-bond acceptors (Lipinski definition) is 2. The summed E-state index contributed by atoms with van der Waals surface area (Å²) in [5.74, 6) is -1.48.